The van der Waals surface area contributed by atoms with Crippen molar-refractivity contribution in [2.75, 3.05) is 24.6 Å². The van der Waals surface area contributed by atoms with Crippen LogP contribution in [-0.4, -0.2) is 24.6 Å². The van der Waals surface area contributed by atoms with Crippen molar-refractivity contribution in [1.82, 2.24) is 0 Å². The topological polar surface area (TPSA) is 0 Å². The molecule has 0 saturated carbocycles. The van der Waals surface area contributed by atoms with Crippen molar-refractivity contribution >= 4 is 35.7 Å². The second-order valence-corrected chi connectivity index (χ2v) is 15.9. The smallest absolute Gasteiger partial charge is 0.103 e. The highest BCUT2D eigenvalue weighted by atomic mass is 35.5. The molecule has 4 heteroatoms. The molecule has 1 heterocycles. The van der Waals surface area contributed by atoms with Crippen LogP contribution >= 0.6 is 14.5 Å². The molecule has 0 N–H and O–H groups in total. The minimum absolute atomic E-state index is 0. The van der Waals surface area contributed by atoms with Gasteiger partial charge in [-0.3, -0.25) is 0 Å². The maximum atomic E-state index is 2.39. The van der Waals surface area contributed by atoms with Crippen molar-refractivity contribution in [3.63, 3.8) is 0 Å². The molecule has 4 aromatic rings. The molecular weight excluding hydrogens is 469 g/mol. The van der Waals surface area contributed by atoms with Gasteiger partial charge in [-0.2, -0.15) is 0 Å². The lowest BCUT2D eigenvalue weighted by atomic mass is 10.4. The predicted molar refractivity (Wildman–Crippen MR) is 138 cm³/mol. The molecule has 0 spiro atoms. The summed E-state index contributed by atoms with van der Waals surface area (Å²) < 4.78 is 0. The van der Waals surface area contributed by atoms with Crippen LogP contribution in [0.3, 0.4) is 0 Å². The van der Waals surface area contributed by atoms with E-state index in [0.717, 1.165) is 0 Å². The molecular formula is C28H28Cl2P2. The fourth-order valence-corrected chi connectivity index (χ4v) is 16.6. The third kappa shape index (κ3) is 4.53. The van der Waals surface area contributed by atoms with E-state index in [4.69, 9.17) is 0 Å². The Balaban J connectivity index is 0.00000144. The summed E-state index contributed by atoms with van der Waals surface area (Å²) in [5.41, 5.74) is 0. The van der Waals surface area contributed by atoms with Crippen LogP contribution in [0.25, 0.3) is 0 Å². The van der Waals surface area contributed by atoms with Gasteiger partial charge in [-0.15, -0.1) is 0 Å². The first-order valence-corrected chi connectivity index (χ1v) is 15.1. The maximum absolute atomic E-state index is 2.39. The summed E-state index contributed by atoms with van der Waals surface area (Å²) in [6.45, 7) is 0. The van der Waals surface area contributed by atoms with Crippen LogP contribution < -0.4 is 46.0 Å². The van der Waals surface area contributed by atoms with Crippen LogP contribution in [0.1, 0.15) is 0 Å². The van der Waals surface area contributed by atoms with Gasteiger partial charge < -0.3 is 24.8 Å². The Bertz CT molecular complexity index is 905. The van der Waals surface area contributed by atoms with Crippen LogP contribution in [-0.2, 0) is 0 Å². The van der Waals surface area contributed by atoms with Crippen molar-refractivity contribution in [1.29, 1.82) is 0 Å². The van der Waals surface area contributed by atoms with Gasteiger partial charge in [0.25, 0.3) is 0 Å². The monoisotopic (exact) mass is 496 g/mol. The van der Waals surface area contributed by atoms with Crippen LogP contribution in [0, 0.1) is 0 Å². The average Bonchev–Trinajstić information content (AvgIpc) is 2.86. The molecule has 1 saturated heterocycles. The lowest BCUT2D eigenvalue weighted by molar-refractivity contribution is -0.001000. The minimum Gasteiger partial charge on any atom is -1.00 e. The lowest BCUT2D eigenvalue weighted by Gasteiger charge is -2.37. The van der Waals surface area contributed by atoms with E-state index in [9.17, 15) is 0 Å². The van der Waals surface area contributed by atoms with Crippen LogP contribution in [0.15, 0.2) is 121 Å². The molecule has 1 aliphatic rings. The summed E-state index contributed by atoms with van der Waals surface area (Å²) >= 11 is 0. The Kier molecular flexibility index (Phi) is 8.55. The zero-order chi connectivity index (χ0) is 20.3. The van der Waals surface area contributed by atoms with Gasteiger partial charge in [0.15, 0.2) is 0 Å². The SMILES string of the molecule is [Cl-].[Cl-].c1ccc([P+]2(c3ccccc3)CC[P+](c3ccccc3)(c3ccccc3)CC2)cc1. The van der Waals surface area contributed by atoms with E-state index in [1.54, 1.807) is 21.2 Å². The summed E-state index contributed by atoms with van der Waals surface area (Å²) in [7, 11) is -2.78. The number of rotatable bonds is 4. The molecule has 4 aromatic carbocycles. The number of halogens is 2. The molecule has 32 heavy (non-hydrogen) atoms. The highest BCUT2D eigenvalue weighted by Gasteiger charge is 2.56. The fourth-order valence-electron chi connectivity index (χ4n) is 5.09. The number of benzene rings is 4. The lowest BCUT2D eigenvalue weighted by Crippen LogP contribution is -3.00. The molecule has 0 atom stereocenters. The normalized spacial score (nSPS) is 16.2. The van der Waals surface area contributed by atoms with Gasteiger partial charge >= 0.3 is 0 Å². The third-order valence-electron chi connectivity index (χ3n) is 6.73. The summed E-state index contributed by atoms with van der Waals surface area (Å²) in [5, 5.41) is 6.32. The van der Waals surface area contributed by atoms with Gasteiger partial charge in [-0.1, -0.05) is 72.8 Å². The van der Waals surface area contributed by atoms with E-state index in [1.807, 2.05) is 0 Å². The second-order valence-electron chi connectivity index (χ2n) is 8.17. The summed E-state index contributed by atoms with van der Waals surface area (Å²) in [6, 6.07) is 45.5. The molecule has 5 rings (SSSR count). The van der Waals surface area contributed by atoms with E-state index in [0.29, 0.717) is 0 Å². The highest BCUT2D eigenvalue weighted by molar-refractivity contribution is 7.96. The molecule has 0 amide bonds. The van der Waals surface area contributed by atoms with Gasteiger partial charge in [0.1, 0.15) is 24.6 Å². The first-order chi connectivity index (χ1) is 14.8. The van der Waals surface area contributed by atoms with Crippen molar-refractivity contribution in [3.8, 4) is 0 Å². The standard InChI is InChI=1S/C28H28P2.2ClH/c1-5-13-25(14-6-1)29(26-15-7-2-8-16-26)21-23-30(24-22-29,27-17-9-3-10-18-27)28-19-11-4-12-20-28;;/h1-20H,21-24H2;2*1H/q+2;;/p-2. The number of hydrogen-bond acceptors (Lipinski definition) is 0. The molecule has 0 aliphatic carbocycles. The first-order valence-electron chi connectivity index (χ1n) is 10.8. The Morgan fingerprint density at radius 3 is 0.688 bits per heavy atom. The fraction of sp³-hybridized carbons (Fsp3) is 0.143. The van der Waals surface area contributed by atoms with Gasteiger partial charge in [0.2, 0.25) is 0 Å². The third-order valence-corrected chi connectivity index (χ3v) is 16.5. The Morgan fingerprint density at radius 1 is 0.312 bits per heavy atom. The molecule has 0 nitrogen and oxygen atoms in total. The highest BCUT2D eigenvalue weighted by Crippen LogP contribution is 2.69. The Hall–Kier alpha value is -1.68. The molecule has 0 radical (unpaired) electrons. The zero-order valence-electron chi connectivity index (χ0n) is 18.0. The Morgan fingerprint density at radius 2 is 0.500 bits per heavy atom. The molecule has 164 valence electrons. The zero-order valence-corrected chi connectivity index (χ0v) is 21.3. The van der Waals surface area contributed by atoms with Gasteiger partial charge in [0.05, 0.1) is 35.7 Å². The van der Waals surface area contributed by atoms with Gasteiger partial charge in [-0.25, -0.2) is 0 Å². The van der Waals surface area contributed by atoms with Crippen LogP contribution in [0.2, 0.25) is 0 Å². The van der Waals surface area contributed by atoms with Crippen molar-refractivity contribution in [2.24, 2.45) is 0 Å². The molecule has 0 unspecified atom stereocenters. The van der Waals surface area contributed by atoms with Crippen LogP contribution in [0.5, 0.6) is 0 Å². The molecule has 0 bridgehead atoms. The van der Waals surface area contributed by atoms with E-state index in [1.165, 1.54) is 24.6 Å². The molecule has 1 fully saturated rings. The number of hydrogen-bond donors (Lipinski definition) is 0. The molecule has 0 aromatic heterocycles. The summed E-state index contributed by atoms with van der Waals surface area (Å²) in [6.07, 6.45) is 5.22. The average molecular weight is 497 g/mol. The summed E-state index contributed by atoms with van der Waals surface area (Å²) in [4.78, 5) is 0. The van der Waals surface area contributed by atoms with E-state index in [2.05, 4.69) is 121 Å². The van der Waals surface area contributed by atoms with Crippen molar-refractivity contribution < 1.29 is 24.8 Å². The van der Waals surface area contributed by atoms with Gasteiger partial charge in [0, 0.05) is 0 Å². The van der Waals surface area contributed by atoms with E-state index in [-0.39, 0.29) is 24.8 Å². The van der Waals surface area contributed by atoms with E-state index >= 15 is 0 Å². The molecule has 1 aliphatic heterocycles. The summed E-state index contributed by atoms with van der Waals surface area (Å²) in [5.74, 6) is 0. The van der Waals surface area contributed by atoms with Crippen molar-refractivity contribution in [2.45, 2.75) is 0 Å². The predicted octanol–water partition coefficient (Wildman–Crippen LogP) is -0.655. The maximum Gasteiger partial charge on any atom is 0.103 e. The largest absolute Gasteiger partial charge is 1.00 e. The van der Waals surface area contributed by atoms with E-state index < -0.39 is 14.5 Å². The second kappa shape index (κ2) is 11.0. The Labute approximate surface area is 206 Å². The van der Waals surface area contributed by atoms with Crippen molar-refractivity contribution in [3.05, 3.63) is 121 Å². The minimum atomic E-state index is -1.39. The van der Waals surface area contributed by atoms with Gasteiger partial charge in [-0.05, 0) is 48.5 Å². The first kappa shape index (κ1) is 25.0. The van der Waals surface area contributed by atoms with Crippen LogP contribution in [0.4, 0.5) is 0 Å². The quantitative estimate of drug-likeness (QED) is 0.329.